The number of esters is 2. The molecule has 5 heterocycles. The van der Waals surface area contributed by atoms with Gasteiger partial charge in [0, 0.05) is 23.9 Å². The first kappa shape index (κ1) is 45.7. The molecule has 0 spiro atoms. The monoisotopic (exact) mass is 748 g/mol. The number of aromatic amines is 2. The maximum atomic E-state index is 12.4. The first-order chi connectivity index (χ1) is 21.8. The number of carbonyl (C=O) groups is 2. The molecule has 50 heavy (non-hydrogen) atoms. The maximum absolute atomic E-state index is 12.4. The maximum Gasteiger partial charge on any atom is 1.00 e. The minimum Gasteiger partial charge on any atom is -1.00 e. The van der Waals surface area contributed by atoms with Crippen LogP contribution in [0.25, 0.3) is 44.4 Å². The van der Waals surface area contributed by atoms with Gasteiger partial charge in [-0.1, -0.05) is 0 Å². The standard InChI is InChI=1S/C32H34N4O8S2.2Na.2H2O.2H/c1-15-19(7-9-29(37)43-5)25-14-26-20(8-10-30(38)44-6)16(2)22(34-26)12-27-32(46(41)42)18(4)24(36-27)13-28-31(45(39)40)17(3)23(35-28)11-21(15)33-25;;;;;;/h11-14,35-36H,7-10H2,1-6H3,(H,39,40)(H,41,42);;;2*1H2;;/q;2*+1;;;2*-1/p-2. The summed E-state index contributed by atoms with van der Waals surface area (Å²) in [5.41, 5.74) is 7.47. The van der Waals surface area contributed by atoms with Crippen LogP contribution < -0.4 is 59.1 Å². The van der Waals surface area contributed by atoms with Crippen LogP contribution in [0, 0.1) is 13.8 Å². The molecule has 2 atom stereocenters. The van der Waals surface area contributed by atoms with Gasteiger partial charge in [-0.25, -0.2) is 9.97 Å². The van der Waals surface area contributed by atoms with E-state index in [4.69, 9.17) is 19.4 Å². The van der Waals surface area contributed by atoms with E-state index in [0.29, 0.717) is 57.8 Å². The summed E-state index contributed by atoms with van der Waals surface area (Å²) in [6, 6.07) is 6.72. The van der Waals surface area contributed by atoms with Crippen LogP contribution in [0.3, 0.4) is 0 Å². The van der Waals surface area contributed by atoms with Crippen molar-refractivity contribution in [3.63, 3.8) is 0 Å². The number of methoxy groups -OCH3 is 2. The molecule has 0 aliphatic carbocycles. The largest absolute Gasteiger partial charge is 1.00 e. The Balaban J connectivity index is 0. The summed E-state index contributed by atoms with van der Waals surface area (Å²) >= 11 is -5.26. The molecule has 0 amide bonds. The van der Waals surface area contributed by atoms with Crippen LogP contribution in [-0.2, 0) is 41.2 Å². The van der Waals surface area contributed by atoms with E-state index >= 15 is 0 Å². The molecule has 5 rings (SSSR count). The quantitative estimate of drug-likeness (QED) is 0.142. The van der Waals surface area contributed by atoms with E-state index in [-0.39, 0.29) is 113 Å². The summed E-state index contributed by atoms with van der Waals surface area (Å²) in [6.07, 6.45) is 0.833. The number of nitrogens with zero attached hydrogens (tertiary/aromatic N) is 2. The van der Waals surface area contributed by atoms with Gasteiger partial charge in [0.25, 0.3) is 0 Å². The number of carbonyl (C=O) groups excluding carboxylic acids is 2. The Bertz CT molecular complexity index is 2100. The van der Waals surface area contributed by atoms with Crippen LogP contribution in [0.1, 0.15) is 76.3 Å². The van der Waals surface area contributed by atoms with Gasteiger partial charge >= 0.3 is 71.1 Å². The number of H-pyrrole nitrogens is 2. The van der Waals surface area contributed by atoms with Crippen LogP contribution >= 0.6 is 0 Å². The van der Waals surface area contributed by atoms with E-state index in [2.05, 4.69) is 9.97 Å². The Kier molecular flexibility index (Phi) is 17.3. The van der Waals surface area contributed by atoms with E-state index in [1.807, 2.05) is 13.8 Å². The van der Waals surface area contributed by atoms with Crippen molar-refractivity contribution in [2.75, 3.05) is 14.2 Å². The molecule has 0 radical (unpaired) electrons. The van der Waals surface area contributed by atoms with Crippen LogP contribution in [0.15, 0.2) is 34.1 Å². The smallest absolute Gasteiger partial charge is 1.00 e. The third kappa shape index (κ3) is 9.18. The molecule has 14 nitrogen and oxygen atoms in total. The zero-order valence-corrected chi connectivity index (χ0v) is 34.7. The van der Waals surface area contributed by atoms with Crippen LogP contribution in [0.2, 0.25) is 0 Å². The summed E-state index contributed by atoms with van der Waals surface area (Å²) < 4.78 is 59.4. The van der Waals surface area contributed by atoms with Gasteiger partial charge in [-0.05, 0) is 120 Å². The van der Waals surface area contributed by atoms with Crippen molar-refractivity contribution in [3.05, 3.63) is 58.2 Å². The topological polar surface area (TPSA) is 253 Å². The van der Waals surface area contributed by atoms with Crippen molar-refractivity contribution in [2.45, 2.75) is 63.2 Å². The van der Waals surface area contributed by atoms with Crippen LogP contribution in [-0.4, -0.2) is 74.6 Å². The summed E-state index contributed by atoms with van der Waals surface area (Å²) in [7, 11) is 2.64. The number of allylic oxidation sites excluding steroid dienone is 4. The Labute approximate surface area is 340 Å². The fraction of sp³-hybridized carbons (Fsp3) is 0.312. The number of ether oxygens (including phenoxy) is 2. The second-order valence-corrected chi connectivity index (χ2v) is 12.7. The molecule has 2 aliphatic rings. The average molecular weight is 749 g/mol. The van der Waals surface area contributed by atoms with E-state index in [0.717, 1.165) is 22.3 Å². The average Bonchev–Trinajstić information content (AvgIpc) is 3.67. The predicted octanol–water partition coefficient (Wildman–Crippen LogP) is -2.24. The normalized spacial score (nSPS) is 13.3. The Morgan fingerprint density at radius 3 is 1.40 bits per heavy atom. The van der Waals surface area contributed by atoms with E-state index in [9.17, 15) is 27.1 Å². The van der Waals surface area contributed by atoms with Gasteiger partial charge in [-0.15, -0.1) is 0 Å². The van der Waals surface area contributed by atoms with E-state index < -0.39 is 28.1 Å². The molecule has 18 heteroatoms. The zero-order chi connectivity index (χ0) is 33.4. The van der Waals surface area contributed by atoms with Crippen molar-refractivity contribution in [2.24, 2.45) is 0 Å². The van der Waals surface area contributed by atoms with Crippen molar-refractivity contribution in [1.29, 1.82) is 0 Å². The second-order valence-electron chi connectivity index (χ2n) is 11.0. The fourth-order valence-electron chi connectivity index (χ4n) is 5.77. The third-order valence-corrected chi connectivity index (χ3v) is 10.1. The minimum absolute atomic E-state index is 0. The van der Waals surface area contributed by atoms with Gasteiger partial charge < -0.3 is 42.4 Å². The number of aromatic nitrogens is 4. The van der Waals surface area contributed by atoms with Gasteiger partial charge in [-0.3, -0.25) is 18.0 Å². The fourth-order valence-corrected chi connectivity index (χ4v) is 7.07. The number of hydrogen-bond acceptors (Lipinski definition) is 10. The number of fused-ring (bicyclic) bond motifs is 8. The van der Waals surface area contributed by atoms with Crippen LogP contribution in [0.4, 0.5) is 0 Å². The summed E-state index contributed by atoms with van der Waals surface area (Å²) in [5, 5.41) is 0. The Hall–Kier alpha value is -2.32. The predicted molar refractivity (Wildman–Crippen MR) is 182 cm³/mol. The van der Waals surface area contributed by atoms with Gasteiger partial charge in [0.2, 0.25) is 0 Å². The first-order valence-electron chi connectivity index (χ1n) is 14.3. The molecule has 8 bridgehead atoms. The van der Waals surface area contributed by atoms with Gasteiger partial charge in [0.15, 0.2) is 0 Å². The van der Waals surface area contributed by atoms with E-state index in [1.54, 1.807) is 38.1 Å². The number of aryl methyl sites for hydroxylation is 2. The minimum atomic E-state index is -2.64. The van der Waals surface area contributed by atoms with Gasteiger partial charge in [0.1, 0.15) is 0 Å². The molecular weight excluding hydrogens is 710 g/mol. The van der Waals surface area contributed by atoms with Gasteiger partial charge in [0.05, 0.1) is 57.8 Å². The summed E-state index contributed by atoms with van der Waals surface area (Å²) in [5.74, 6) is -0.778. The van der Waals surface area contributed by atoms with Gasteiger partial charge in [-0.2, -0.15) is 0 Å². The molecule has 3 aromatic rings. The van der Waals surface area contributed by atoms with Crippen molar-refractivity contribution in [3.8, 4) is 0 Å². The molecule has 0 saturated carbocycles. The van der Waals surface area contributed by atoms with Crippen molar-refractivity contribution >= 4 is 78.5 Å². The van der Waals surface area contributed by atoms with Crippen LogP contribution in [0.5, 0.6) is 0 Å². The molecule has 6 N–H and O–H groups in total. The van der Waals surface area contributed by atoms with Crippen molar-refractivity contribution in [1.82, 2.24) is 19.9 Å². The Morgan fingerprint density at radius 1 is 0.660 bits per heavy atom. The summed E-state index contributed by atoms with van der Waals surface area (Å²) in [4.78, 5) is 40.4. The van der Waals surface area contributed by atoms with E-state index in [1.165, 1.54) is 14.2 Å². The second kappa shape index (κ2) is 19.0. The number of nitrogens with one attached hydrogen (secondary N) is 2. The first-order valence-corrected chi connectivity index (χ1v) is 16.5. The Morgan fingerprint density at radius 2 is 1.02 bits per heavy atom. The molecule has 0 saturated heterocycles. The SMILES string of the molecule is COC(=O)CCC1=C(C)c2cc3[nH]c(cc4[nH]c(cc5nc(cc1n2)C(CCC(=O)OC)=C5C)c(S(=O)[O-])c4C)c(S(=O)[O-])c3C.O.O.[H-].[H-].[Na+].[Na+]. The molecule has 3 aromatic heterocycles. The molecule has 262 valence electrons. The zero-order valence-electron chi connectivity index (χ0n) is 31.1. The molecule has 2 aliphatic heterocycles. The molecule has 0 fully saturated rings. The molecular formula is C32H38N4Na2O10S2-2. The van der Waals surface area contributed by atoms with Crippen molar-refractivity contribution < 1.29 is 110 Å². The number of rotatable bonds is 8. The molecule has 0 aromatic carbocycles. The summed E-state index contributed by atoms with van der Waals surface area (Å²) in [6.45, 7) is 7.03. The molecule has 2 unspecified atom stereocenters. The third-order valence-electron chi connectivity index (χ3n) is 8.36. The number of hydrogen-bond donors (Lipinski definition) is 2.